The summed E-state index contributed by atoms with van der Waals surface area (Å²) in [5, 5.41) is 9.78. The Morgan fingerprint density at radius 3 is 2.82 bits per heavy atom. The van der Waals surface area contributed by atoms with Gasteiger partial charge in [-0.05, 0) is 30.2 Å². The number of hydrogen-bond acceptors (Lipinski definition) is 3. The Labute approximate surface area is 113 Å². The van der Waals surface area contributed by atoms with E-state index in [1.807, 2.05) is 6.07 Å². The number of hydrogen-bond donors (Lipinski definition) is 0. The van der Waals surface area contributed by atoms with Crippen molar-refractivity contribution in [3.8, 4) is 6.07 Å². The Hall–Kier alpha value is -1.05. The summed E-state index contributed by atoms with van der Waals surface area (Å²) in [6, 6.07) is 5.30. The van der Waals surface area contributed by atoms with Gasteiger partial charge in [0.15, 0.2) is 0 Å². The highest BCUT2D eigenvalue weighted by Gasteiger charge is 2.13. The number of esters is 1. The Bertz CT molecular complexity index is 468. The summed E-state index contributed by atoms with van der Waals surface area (Å²) >= 11 is 9.37. The summed E-state index contributed by atoms with van der Waals surface area (Å²) in [5.74, 6) is -0.318. The summed E-state index contributed by atoms with van der Waals surface area (Å²) in [5.41, 5.74) is 2.03. The number of alkyl halides is 1. The van der Waals surface area contributed by atoms with Crippen LogP contribution < -0.4 is 0 Å². The molecule has 0 amide bonds. The van der Waals surface area contributed by atoms with Crippen molar-refractivity contribution in [2.75, 3.05) is 6.61 Å². The van der Waals surface area contributed by atoms with Gasteiger partial charge in [-0.2, -0.15) is 5.26 Å². The van der Waals surface area contributed by atoms with Crippen LogP contribution in [0.15, 0.2) is 12.1 Å². The van der Waals surface area contributed by atoms with Crippen molar-refractivity contribution in [1.82, 2.24) is 0 Å². The van der Waals surface area contributed by atoms with E-state index in [-0.39, 0.29) is 12.4 Å². The molecule has 0 spiro atoms. The fourth-order valence-electron chi connectivity index (χ4n) is 1.43. The van der Waals surface area contributed by atoms with Gasteiger partial charge in [-0.3, -0.25) is 4.79 Å². The van der Waals surface area contributed by atoms with Crippen LogP contribution in [-0.2, 0) is 21.3 Å². The molecule has 1 aromatic rings. The maximum atomic E-state index is 11.4. The van der Waals surface area contributed by atoms with E-state index in [9.17, 15) is 4.79 Å². The van der Waals surface area contributed by atoms with E-state index < -0.39 is 0 Å². The summed E-state index contributed by atoms with van der Waals surface area (Å²) in [6.07, 6.45) is 0.124. The zero-order chi connectivity index (χ0) is 12.8. The van der Waals surface area contributed by atoms with Crippen LogP contribution in [0, 0.1) is 11.3 Å². The van der Waals surface area contributed by atoms with Crippen LogP contribution in [0.4, 0.5) is 0 Å². The van der Waals surface area contributed by atoms with Crippen molar-refractivity contribution >= 4 is 33.5 Å². The van der Waals surface area contributed by atoms with Gasteiger partial charge >= 0.3 is 5.97 Å². The largest absolute Gasteiger partial charge is 0.466 e. The van der Waals surface area contributed by atoms with Crippen LogP contribution in [0.1, 0.15) is 23.6 Å². The van der Waals surface area contributed by atoms with E-state index in [2.05, 4.69) is 15.9 Å². The number of nitriles is 1. The highest BCUT2D eigenvalue weighted by molar-refractivity contribution is 9.08. The second kappa shape index (κ2) is 6.63. The van der Waals surface area contributed by atoms with Gasteiger partial charge in [0, 0.05) is 10.4 Å². The number of halogens is 2. The first-order valence-electron chi connectivity index (χ1n) is 5.05. The predicted molar refractivity (Wildman–Crippen MR) is 69.1 cm³/mol. The van der Waals surface area contributed by atoms with Gasteiger partial charge < -0.3 is 4.74 Å². The third-order valence-electron chi connectivity index (χ3n) is 2.19. The number of benzene rings is 1. The molecule has 0 bridgehead atoms. The minimum atomic E-state index is -0.318. The normalized spacial score (nSPS) is 9.76. The molecule has 0 radical (unpaired) electrons. The number of carbonyl (C=O) groups excluding carboxylic acids is 1. The van der Waals surface area contributed by atoms with Crippen molar-refractivity contribution in [3.05, 3.63) is 33.8 Å². The van der Waals surface area contributed by atoms with Gasteiger partial charge in [-0.15, -0.1) is 0 Å². The van der Waals surface area contributed by atoms with Gasteiger partial charge in [-0.1, -0.05) is 27.5 Å². The molecule has 17 heavy (non-hydrogen) atoms. The van der Waals surface area contributed by atoms with Crippen molar-refractivity contribution in [1.29, 1.82) is 5.26 Å². The molecule has 0 aliphatic rings. The molecule has 0 atom stereocenters. The minimum Gasteiger partial charge on any atom is -0.466 e. The molecule has 0 unspecified atom stereocenters. The highest BCUT2D eigenvalue weighted by Crippen LogP contribution is 2.25. The Morgan fingerprint density at radius 2 is 2.29 bits per heavy atom. The molecule has 0 aliphatic heterocycles. The fraction of sp³-hybridized carbons (Fsp3) is 0.333. The van der Waals surface area contributed by atoms with E-state index in [0.29, 0.717) is 28.1 Å². The molecule has 90 valence electrons. The van der Waals surface area contributed by atoms with Crippen LogP contribution in [0.2, 0.25) is 5.02 Å². The summed E-state index contributed by atoms with van der Waals surface area (Å²) < 4.78 is 4.88. The number of rotatable bonds is 4. The molecule has 0 saturated heterocycles. The maximum absolute atomic E-state index is 11.4. The number of nitrogens with zero attached hydrogens (tertiary/aromatic N) is 1. The minimum absolute atomic E-state index is 0.124. The zero-order valence-corrected chi connectivity index (χ0v) is 11.6. The highest BCUT2D eigenvalue weighted by atomic mass is 79.9. The molecular formula is C12H11BrClNO2. The lowest BCUT2D eigenvalue weighted by Gasteiger charge is -2.09. The first-order chi connectivity index (χ1) is 8.12. The Kier molecular flexibility index (Phi) is 5.46. The first kappa shape index (κ1) is 14.0. The van der Waals surface area contributed by atoms with Gasteiger partial charge in [-0.25, -0.2) is 0 Å². The average molecular weight is 317 g/mol. The molecule has 0 aromatic heterocycles. The van der Waals surface area contributed by atoms with Gasteiger partial charge in [0.2, 0.25) is 0 Å². The van der Waals surface area contributed by atoms with Crippen LogP contribution in [-0.4, -0.2) is 12.6 Å². The summed E-state index contributed by atoms with van der Waals surface area (Å²) in [6.45, 7) is 2.10. The van der Waals surface area contributed by atoms with Crippen molar-refractivity contribution < 1.29 is 9.53 Å². The summed E-state index contributed by atoms with van der Waals surface area (Å²) in [4.78, 5) is 11.4. The van der Waals surface area contributed by atoms with Crippen molar-refractivity contribution in [2.45, 2.75) is 18.7 Å². The van der Waals surface area contributed by atoms with Gasteiger partial charge in [0.25, 0.3) is 0 Å². The second-order valence-electron chi connectivity index (χ2n) is 3.32. The molecule has 0 N–H and O–H groups in total. The summed E-state index contributed by atoms with van der Waals surface area (Å²) in [7, 11) is 0. The first-order valence-corrected chi connectivity index (χ1v) is 6.55. The molecule has 3 nitrogen and oxygen atoms in total. The quantitative estimate of drug-likeness (QED) is 0.633. The predicted octanol–water partition coefficient (Wildman–Crippen LogP) is 3.21. The SMILES string of the molecule is CCOC(=O)Cc1c(Cl)cc(C#N)cc1CBr. The molecular weight excluding hydrogens is 305 g/mol. The monoisotopic (exact) mass is 315 g/mol. The molecule has 1 aromatic carbocycles. The third kappa shape index (κ3) is 3.72. The van der Waals surface area contributed by atoms with Crippen molar-refractivity contribution in [3.63, 3.8) is 0 Å². The standard InChI is InChI=1S/C12H11BrClNO2/c1-2-17-12(16)5-10-9(6-13)3-8(7-15)4-11(10)14/h3-4H,2,5-6H2,1H3. The van der Waals surface area contributed by atoms with Gasteiger partial charge in [0.05, 0.1) is 24.7 Å². The van der Waals surface area contributed by atoms with E-state index in [0.717, 1.165) is 5.56 Å². The van der Waals surface area contributed by atoms with Crippen LogP contribution >= 0.6 is 27.5 Å². The molecule has 0 heterocycles. The molecule has 0 aliphatic carbocycles. The Balaban J connectivity index is 3.06. The maximum Gasteiger partial charge on any atom is 0.310 e. The lowest BCUT2D eigenvalue weighted by Crippen LogP contribution is -2.09. The lowest BCUT2D eigenvalue weighted by atomic mass is 10.0. The van der Waals surface area contributed by atoms with Gasteiger partial charge in [0.1, 0.15) is 0 Å². The van der Waals surface area contributed by atoms with E-state index >= 15 is 0 Å². The van der Waals surface area contributed by atoms with E-state index in [4.69, 9.17) is 21.6 Å². The third-order valence-corrected chi connectivity index (χ3v) is 3.13. The van der Waals surface area contributed by atoms with Crippen LogP contribution in [0.25, 0.3) is 0 Å². The van der Waals surface area contributed by atoms with Crippen molar-refractivity contribution in [2.24, 2.45) is 0 Å². The second-order valence-corrected chi connectivity index (χ2v) is 4.29. The molecule has 5 heteroatoms. The lowest BCUT2D eigenvalue weighted by molar-refractivity contribution is -0.142. The molecule has 0 saturated carbocycles. The van der Waals surface area contributed by atoms with Crippen LogP contribution in [0.5, 0.6) is 0 Å². The van der Waals surface area contributed by atoms with E-state index in [1.54, 1.807) is 19.1 Å². The smallest absolute Gasteiger partial charge is 0.310 e. The molecule has 1 rings (SSSR count). The van der Waals surface area contributed by atoms with Crippen LogP contribution in [0.3, 0.4) is 0 Å². The number of carbonyl (C=O) groups is 1. The Morgan fingerprint density at radius 1 is 1.59 bits per heavy atom. The van der Waals surface area contributed by atoms with E-state index in [1.165, 1.54) is 0 Å². The topological polar surface area (TPSA) is 50.1 Å². The molecule has 0 fully saturated rings. The number of ether oxygens (including phenoxy) is 1. The average Bonchev–Trinajstić information content (AvgIpc) is 2.31. The fourth-order valence-corrected chi connectivity index (χ4v) is 2.24. The zero-order valence-electron chi connectivity index (χ0n) is 9.30.